The summed E-state index contributed by atoms with van der Waals surface area (Å²) in [6, 6.07) is 3.59. The molecule has 0 spiro atoms. The fourth-order valence-electron chi connectivity index (χ4n) is 1.12. The van der Waals surface area contributed by atoms with Gasteiger partial charge in [-0.25, -0.2) is 4.98 Å². The largest absolute Gasteiger partial charge is 0.245 e. The Morgan fingerprint density at radius 2 is 2.25 bits per heavy atom. The van der Waals surface area contributed by atoms with Crippen molar-refractivity contribution in [3.8, 4) is 0 Å². The predicted molar refractivity (Wildman–Crippen MR) is 52.4 cm³/mol. The van der Waals surface area contributed by atoms with E-state index < -0.39 is 0 Å². The van der Waals surface area contributed by atoms with Crippen molar-refractivity contribution >= 4 is 11.6 Å². The van der Waals surface area contributed by atoms with Crippen LogP contribution >= 0.6 is 11.6 Å². The van der Waals surface area contributed by atoms with Gasteiger partial charge in [-0.15, -0.1) is 0 Å². The van der Waals surface area contributed by atoms with Crippen LogP contribution in [0.15, 0.2) is 18.3 Å². The summed E-state index contributed by atoms with van der Waals surface area (Å²) in [6.45, 7) is 6.47. The van der Waals surface area contributed by atoms with E-state index in [0.29, 0.717) is 5.15 Å². The van der Waals surface area contributed by atoms with Crippen molar-refractivity contribution < 1.29 is 1.37 Å². The average molecular weight is 185 g/mol. The highest BCUT2D eigenvalue weighted by atomic mass is 35.5. The molecule has 0 saturated carbocycles. The van der Waals surface area contributed by atoms with Crippen molar-refractivity contribution in [2.75, 3.05) is 0 Å². The van der Waals surface area contributed by atoms with E-state index in [1.807, 2.05) is 6.07 Å². The predicted octanol–water partition coefficient (Wildman–Crippen LogP) is 3.32. The van der Waals surface area contributed by atoms with E-state index in [0.717, 1.165) is 12.0 Å². The molecule has 12 heavy (non-hydrogen) atoms. The zero-order valence-corrected chi connectivity index (χ0v) is 8.44. The molecular weight excluding hydrogens is 170 g/mol. The van der Waals surface area contributed by atoms with Gasteiger partial charge in [-0.05, 0) is 29.5 Å². The van der Waals surface area contributed by atoms with Gasteiger partial charge in [0.2, 0.25) is 0 Å². The van der Waals surface area contributed by atoms with Crippen molar-refractivity contribution in [1.82, 2.24) is 4.98 Å². The van der Waals surface area contributed by atoms with Crippen LogP contribution < -0.4 is 0 Å². The Balaban J connectivity index is 2.90. The van der Waals surface area contributed by atoms with Gasteiger partial charge in [0.05, 0.1) is 1.37 Å². The zero-order valence-electron chi connectivity index (χ0n) is 8.69. The maximum absolute atomic E-state index is 7.39. The van der Waals surface area contributed by atoms with E-state index in [2.05, 4.69) is 25.8 Å². The van der Waals surface area contributed by atoms with Crippen molar-refractivity contribution in [3.05, 3.63) is 29.0 Å². The fraction of sp³-hybridized carbons (Fsp3) is 0.500. The van der Waals surface area contributed by atoms with Crippen LogP contribution in [-0.2, 0) is 6.42 Å². The van der Waals surface area contributed by atoms with Gasteiger partial charge in [-0.1, -0.05) is 32.4 Å². The lowest BCUT2D eigenvalue weighted by Gasteiger charge is -2.17. The number of hydrogen-bond acceptors (Lipinski definition) is 1. The molecule has 0 aromatic carbocycles. The molecule has 1 rings (SSSR count). The molecule has 1 aromatic rings. The van der Waals surface area contributed by atoms with Crippen LogP contribution in [0.3, 0.4) is 0 Å². The Bertz CT molecular complexity index is 284. The van der Waals surface area contributed by atoms with Crippen molar-refractivity contribution in [2.45, 2.75) is 27.2 Å². The molecular formula is C10H14ClN. The van der Waals surface area contributed by atoms with Crippen LogP contribution in [0.4, 0.5) is 0 Å². The van der Waals surface area contributed by atoms with Crippen LogP contribution in [-0.4, -0.2) is 4.98 Å². The van der Waals surface area contributed by atoms with E-state index in [1.54, 1.807) is 6.07 Å². The zero-order chi connectivity index (χ0) is 10.1. The molecule has 0 N–H and O–H groups in total. The second-order valence-electron chi connectivity index (χ2n) is 4.16. The number of hydrogen-bond donors (Lipinski definition) is 0. The second-order valence-corrected chi connectivity index (χ2v) is 4.55. The molecule has 0 radical (unpaired) electrons. The SMILES string of the molecule is [2H]c1cc(CC(C)(C)C)cc(Cl)n1. The number of pyridine rings is 1. The highest BCUT2D eigenvalue weighted by Gasteiger charge is 2.10. The van der Waals surface area contributed by atoms with Gasteiger partial charge in [0, 0.05) is 6.17 Å². The summed E-state index contributed by atoms with van der Waals surface area (Å²) in [5.41, 5.74) is 1.30. The Morgan fingerprint density at radius 3 is 2.75 bits per heavy atom. The number of aromatic nitrogens is 1. The van der Waals surface area contributed by atoms with Gasteiger partial charge in [-0.2, -0.15) is 0 Å². The molecule has 1 nitrogen and oxygen atoms in total. The van der Waals surface area contributed by atoms with Crippen molar-refractivity contribution in [3.63, 3.8) is 0 Å². The first kappa shape index (κ1) is 8.06. The Morgan fingerprint density at radius 1 is 1.58 bits per heavy atom. The van der Waals surface area contributed by atoms with Crippen LogP contribution in [0, 0.1) is 5.41 Å². The topological polar surface area (TPSA) is 12.9 Å². The van der Waals surface area contributed by atoms with Crippen LogP contribution in [0.5, 0.6) is 0 Å². The third-order valence-corrected chi connectivity index (χ3v) is 1.65. The first-order valence-electron chi connectivity index (χ1n) is 4.50. The number of nitrogens with zero attached hydrogens (tertiary/aromatic N) is 1. The van der Waals surface area contributed by atoms with Crippen molar-refractivity contribution in [1.29, 1.82) is 0 Å². The van der Waals surface area contributed by atoms with E-state index in [-0.39, 0.29) is 11.6 Å². The van der Waals surface area contributed by atoms with Gasteiger partial charge >= 0.3 is 0 Å². The first-order chi connectivity index (χ1) is 5.87. The third-order valence-electron chi connectivity index (χ3n) is 1.46. The molecule has 2 heteroatoms. The third kappa shape index (κ3) is 3.22. The Labute approximate surface area is 80.2 Å². The molecule has 0 unspecified atom stereocenters. The summed E-state index contributed by atoms with van der Waals surface area (Å²) in [7, 11) is 0. The standard InChI is InChI=1S/C10H14ClN/c1-10(2,3)7-8-4-5-12-9(11)6-8/h4-6H,7H2,1-3H3/i5D. The fourth-order valence-corrected chi connectivity index (χ4v) is 1.31. The molecule has 66 valence electrons. The van der Waals surface area contributed by atoms with Gasteiger partial charge in [0.1, 0.15) is 5.15 Å². The number of halogens is 1. The van der Waals surface area contributed by atoms with E-state index in [9.17, 15) is 0 Å². The lowest BCUT2D eigenvalue weighted by molar-refractivity contribution is 0.411. The minimum absolute atomic E-state index is 0.219. The normalized spacial score (nSPS) is 12.8. The minimum atomic E-state index is 0.219. The van der Waals surface area contributed by atoms with E-state index in [1.165, 1.54) is 0 Å². The first-order valence-corrected chi connectivity index (χ1v) is 4.38. The lowest BCUT2D eigenvalue weighted by atomic mass is 9.89. The van der Waals surface area contributed by atoms with Crippen LogP contribution in [0.25, 0.3) is 0 Å². The molecule has 0 bridgehead atoms. The summed E-state index contributed by atoms with van der Waals surface area (Å²) in [6.07, 6.45) is 1.16. The molecule has 1 heterocycles. The second kappa shape index (κ2) is 3.44. The van der Waals surface area contributed by atoms with Crippen molar-refractivity contribution in [2.24, 2.45) is 5.41 Å². The Hall–Kier alpha value is -0.560. The summed E-state index contributed by atoms with van der Waals surface area (Å²) in [5.74, 6) is 0. The molecule has 0 fully saturated rings. The van der Waals surface area contributed by atoms with E-state index in [4.69, 9.17) is 13.0 Å². The summed E-state index contributed by atoms with van der Waals surface area (Å²) in [4.78, 5) is 3.80. The summed E-state index contributed by atoms with van der Waals surface area (Å²) < 4.78 is 7.39. The molecule has 0 saturated heterocycles. The molecule has 1 aromatic heterocycles. The maximum atomic E-state index is 7.39. The minimum Gasteiger partial charge on any atom is -0.245 e. The van der Waals surface area contributed by atoms with Crippen LogP contribution in [0.1, 0.15) is 27.7 Å². The monoisotopic (exact) mass is 184 g/mol. The number of rotatable bonds is 1. The molecule has 0 aliphatic rings. The molecule has 0 aliphatic heterocycles. The molecule has 0 atom stereocenters. The van der Waals surface area contributed by atoms with Gasteiger partial charge in [0.15, 0.2) is 0 Å². The van der Waals surface area contributed by atoms with Crippen LogP contribution in [0.2, 0.25) is 5.15 Å². The van der Waals surface area contributed by atoms with Gasteiger partial charge in [0.25, 0.3) is 0 Å². The average Bonchev–Trinajstić information content (AvgIpc) is 1.78. The van der Waals surface area contributed by atoms with Gasteiger partial charge in [-0.3, -0.25) is 0 Å². The molecule has 0 aliphatic carbocycles. The smallest absolute Gasteiger partial charge is 0.129 e. The van der Waals surface area contributed by atoms with Gasteiger partial charge < -0.3 is 0 Å². The summed E-state index contributed by atoms with van der Waals surface area (Å²) >= 11 is 5.75. The molecule has 0 amide bonds. The Kier molecular flexibility index (Phi) is 2.31. The lowest BCUT2D eigenvalue weighted by Crippen LogP contribution is -2.08. The van der Waals surface area contributed by atoms with E-state index >= 15 is 0 Å². The highest BCUT2D eigenvalue weighted by molar-refractivity contribution is 6.29. The summed E-state index contributed by atoms with van der Waals surface area (Å²) in [5, 5.41) is 0.409. The highest BCUT2D eigenvalue weighted by Crippen LogP contribution is 2.21. The maximum Gasteiger partial charge on any atom is 0.129 e. The quantitative estimate of drug-likeness (QED) is 0.611.